The SMILES string of the molecule is CNC(=O)C1COCCN1C1CCC(=O)C1. The Morgan fingerprint density at radius 2 is 2.38 bits per heavy atom. The summed E-state index contributed by atoms with van der Waals surface area (Å²) in [6.45, 7) is 1.83. The van der Waals surface area contributed by atoms with E-state index in [0.717, 1.165) is 13.0 Å². The first-order valence-corrected chi connectivity index (χ1v) is 5.79. The highest BCUT2D eigenvalue weighted by molar-refractivity contribution is 5.83. The maximum absolute atomic E-state index is 11.7. The first kappa shape index (κ1) is 11.5. The number of nitrogens with one attached hydrogen (secondary N) is 1. The molecule has 5 heteroatoms. The molecule has 0 spiro atoms. The van der Waals surface area contributed by atoms with Gasteiger partial charge in [0.1, 0.15) is 11.8 Å². The Kier molecular flexibility index (Phi) is 3.56. The Morgan fingerprint density at radius 3 is 3.00 bits per heavy atom. The van der Waals surface area contributed by atoms with E-state index in [-0.39, 0.29) is 18.0 Å². The van der Waals surface area contributed by atoms with Crippen LogP contribution in [0.15, 0.2) is 0 Å². The predicted molar refractivity (Wildman–Crippen MR) is 58.0 cm³/mol. The van der Waals surface area contributed by atoms with E-state index in [4.69, 9.17) is 4.74 Å². The number of ketones is 1. The van der Waals surface area contributed by atoms with E-state index in [1.807, 2.05) is 0 Å². The molecule has 1 saturated heterocycles. The van der Waals surface area contributed by atoms with Gasteiger partial charge in [-0.2, -0.15) is 0 Å². The van der Waals surface area contributed by atoms with Crippen LogP contribution in [0.1, 0.15) is 19.3 Å². The molecule has 2 rings (SSSR count). The van der Waals surface area contributed by atoms with Gasteiger partial charge in [0.25, 0.3) is 0 Å². The molecule has 2 aliphatic rings. The fourth-order valence-electron chi connectivity index (χ4n) is 2.52. The second-order valence-electron chi connectivity index (χ2n) is 4.38. The number of Topliss-reactive ketones (excluding diaryl/α,β-unsaturated/α-hetero) is 1. The van der Waals surface area contributed by atoms with E-state index < -0.39 is 0 Å². The number of hydrogen-bond acceptors (Lipinski definition) is 4. The zero-order valence-corrected chi connectivity index (χ0v) is 9.57. The Hall–Kier alpha value is -0.940. The zero-order chi connectivity index (χ0) is 11.5. The van der Waals surface area contributed by atoms with E-state index in [9.17, 15) is 9.59 Å². The van der Waals surface area contributed by atoms with Crippen LogP contribution >= 0.6 is 0 Å². The maximum Gasteiger partial charge on any atom is 0.239 e. The number of likely N-dealkylation sites (N-methyl/N-ethyl adjacent to an activating group) is 1. The summed E-state index contributed by atoms with van der Waals surface area (Å²) in [6, 6.07) is 0.00773. The third-order valence-electron chi connectivity index (χ3n) is 3.41. The monoisotopic (exact) mass is 226 g/mol. The van der Waals surface area contributed by atoms with Crippen LogP contribution in [0.25, 0.3) is 0 Å². The van der Waals surface area contributed by atoms with Gasteiger partial charge >= 0.3 is 0 Å². The van der Waals surface area contributed by atoms with E-state index in [1.165, 1.54) is 0 Å². The number of amides is 1. The second-order valence-corrected chi connectivity index (χ2v) is 4.38. The molecule has 16 heavy (non-hydrogen) atoms. The fraction of sp³-hybridized carbons (Fsp3) is 0.818. The van der Waals surface area contributed by atoms with Gasteiger partial charge in [-0.25, -0.2) is 0 Å². The van der Waals surface area contributed by atoms with E-state index in [0.29, 0.717) is 31.8 Å². The Labute approximate surface area is 95.1 Å². The third-order valence-corrected chi connectivity index (χ3v) is 3.41. The number of rotatable bonds is 2. The highest BCUT2D eigenvalue weighted by Crippen LogP contribution is 2.24. The van der Waals surface area contributed by atoms with Crippen molar-refractivity contribution < 1.29 is 14.3 Å². The standard InChI is InChI=1S/C11H18N2O3/c1-12-11(15)10-7-16-5-4-13(10)8-2-3-9(14)6-8/h8,10H,2-7H2,1H3,(H,12,15). The van der Waals surface area contributed by atoms with Crippen molar-refractivity contribution in [2.75, 3.05) is 26.8 Å². The summed E-state index contributed by atoms with van der Waals surface area (Å²) in [5, 5.41) is 2.65. The average Bonchev–Trinajstić information content (AvgIpc) is 2.75. The predicted octanol–water partition coefficient (Wildman–Crippen LogP) is -0.445. The van der Waals surface area contributed by atoms with Crippen LogP contribution in [0.5, 0.6) is 0 Å². The maximum atomic E-state index is 11.7. The molecule has 2 fully saturated rings. The normalized spacial score (nSPS) is 31.7. The molecular formula is C11H18N2O3. The van der Waals surface area contributed by atoms with Gasteiger partial charge in [0.2, 0.25) is 5.91 Å². The smallest absolute Gasteiger partial charge is 0.239 e. The van der Waals surface area contributed by atoms with Crippen molar-refractivity contribution in [3.05, 3.63) is 0 Å². The molecule has 0 bridgehead atoms. The highest BCUT2D eigenvalue weighted by Gasteiger charge is 2.36. The minimum Gasteiger partial charge on any atom is -0.378 e. The number of ether oxygens (including phenoxy) is 1. The van der Waals surface area contributed by atoms with Crippen LogP contribution in [0, 0.1) is 0 Å². The molecule has 2 unspecified atom stereocenters. The molecule has 0 aromatic heterocycles. The van der Waals surface area contributed by atoms with Crippen molar-refractivity contribution in [2.24, 2.45) is 0 Å². The van der Waals surface area contributed by atoms with Crippen molar-refractivity contribution in [3.63, 3.8) is 0 Å². The number of carbonyl (C=O) groups is 2. The van der Waals surface area contributed by atoms with E-state index in [2.05, 4.69) is 10.2 Å². The molecule has 1 saturated carbocycles. The van der Waals surface area contributed by atoms with Crippen molar-refractivity contribution in [1.82, 2.24) is 10.2 Å². The van der Waals surface area contributed by atoms with Gasteiger partial charge in [0, 0.05) is 32.5 Å². The summed E-state index contributed by atoms with van der Waals surface area (Å²) < 4.78 is 5.33. The van der Waals surface area contributed by atoms with Crippen molar-refractivity contribution in [2.45, 2.75) is 31.3 Å². The van der Waals surface area contributed by atoms with Gasteiger partial charge in [-0.15, -0.1) is 0 Å². The summed E-state index contributed by atoms with van der Waals surface area (Å²) in [6.07, 6.45) is 2.13. The molecule has 5 nitrogen and oxygen atoms in total. The Bertz CT molecular complexity index is 293. The van der Waals surface area contributed by atoms with Crippen molar-refractivity contribution >= 4 is 11.7 Å². The van der Waals surface area contributed by atoms with Crippen molar-refractivity contribution in [3.8, 4) is 0 Å². The van der Waals surface area contributed by atoms with Crippen LogP contribution in [0.4, 0.5) is 0 Å². The van der Waals surface area contributed by atoms with Crippen LogP contribution in [0.2, 0.25) is 0 Å². The Morgan fingerprint density at radius 1 is 1.56 bits per heavy atom. The quantitative estimate of drug-likeness (QED) is 0.693. The van der Waals surface area contributed by atoms with E-state index in [1.54, 1.807) is 7.05 Å². The molecule has 1 aliphatic carbocycles. The minimum atomic E-state index is -0.227. The van der Waals surface area contributed by atoms with Gasteiger partial charge in [-0.3, -0.25) is 14.5 Å². The first-order chi connectivity index (χ1) is 7.72. The molecule has 90 valence electrons. The van der Waals surface area contributed by atoms with Crippen LogP contribution in [-0.4, -0.2) is 55.5 Å². The lowest BCUT2D eigenvalue weighted by Crippen LogP contribution is -2.56. The number of hydrogen-bond donors (Lipinski definition) is 1. The lowest BCUT2D eigenvalue weighted by atomic mass is 10.1. The number of nitrogens with zero attached hydrogens (tertiary/aromatic N) is 1. The van der Waals surface area contributed by atoms with E-state index >= 15 is 0 Å². The average molecular weight is 226 g/mol. The largest absolute Gasteiger partial charge is 0.378 e. The molecule has 1 N–H and O–H groups in total. The number of morpholine rings is 1. The molecule has 1 heterocycles. The van der Waals surface area contributed by atoms with Gasteiger partial charge < -0.3 is 10.1 Å². The summed E-state index contributed by atoms with van der Waals surface area (Å²) in [4.78, 5) is 25.1. The van der Waals surface area contributed by atoms with Gasteiger partial charge in [0.15, 0.2) is 0 Å². The molecular weight excluding hydrogens is 208 g/mol. The molecule has 1 amide bonds. The van der Waals surface area contributed by atoms with Crippen LogP contribution < -0.4 is 5.32 Å². The lowest BCUT2D eigenvalue weighted by Gasteiger charge is -2.38. The Balaban J connectivity index is 2.04. The van der Waals surface area contributed by atoms with Crippen LogP contribution in [-0.2, 0) is 14.3 Å². The van der Waals surface area contributed by atoms with Gasteiger partial charge in [-0.05, 0) is 6.42 Å². The summed E-state index contributed by atoms with van der Waals surface area (Å²) in [5.41, 5.74) is 0. The fourth-order valence-corrected chi connectivity index (χ4v) is 2.52. The summed E-state index contributed by atoms with van der Waals surface area (Å²) in [7, 11) is 1.63. The van der Waals surface area contributed by atoms with Gasteiger partial charge in [0.05, 0.1) is 13.2 Å². The summed E-state index contributed by atoms with van der Waals surface area (Å²) >= 11 is 0. The highest BCUT2D eigenvalue weighted by atomic mass is 16.5. The van der Waals surface area contributed by atoms with Crippen molar-refractivity contribution in [1.29, 1.82) is 0 Å². The topological polar surface area (TPSA) is 58.6 Å². The summed E-state index contributed by atoms with van der Waals surface area (Å²) in [5.74, 6) is 0.297. The second kappa shape index (κ2) is 4.93. The molecule has 1 aliphatic heterocycles. The van der Waals surface area contributed by atoms with Gasteiger partial charge in [-0.1, -0.05) is 0 Å². The molecule has 0 aromatic rings. The molecule has 2 atom stereocenters. The zero-order valence-electron chi connectivity index (χ0n) is 9.57. The molecule has 0 radical (unpaired) electrons. The minimum absolute atomic E-state index is 0.0148. The van der Waals surface area contributed by atoms with Crippen LogP contribution in [0.3, 0.4) is 0 Å². The lowest BCUT2D eigenvalue weighted by molar-refractivity contribution is -0.134. The number of carbonyl (C=O) groups excluding carboxylic acids is 2. The third kappa shape index (κ3) is 2.25. The first-order valence-electron chi connectivity index (χ1n) is 5.79. The molecule has 0 aromatic carbocycles.